The molecule has 0 fully saturated rings. The maximum atomic E-state index is 11.7. The molecule has 384 valence electrons. The molecule has 0 amide bonds. The third kappa shape index (κ3) is 10.9. The van der Waals surface area contributed by atoms with Gasteiger partial charge in [-0.2, -0.15) is 0 Å². The van der Waals surface area contributed by atoms with Crippen LogP contribution in [0.25, 0.3) is 0 Å². The van der Waals surface area contributed by atoms with Gasteiger partial charge < -0.3 is 40.1 Å². The molecule has 0 aliphatic carbocycles. The lowest BCUT2D eigenvalue weighted by Crippen LogP contribution is -2.21. The molecule has 6 N–H and O–H groups in total. The van der Waals surface area contributed by atoms with Gasteiger partial charge in [-0.3, -0.25) is 0 Å². The van der Waals surface area contributed by atoms with Crippen molar-refractivity contribution >= 4 is 11.9 Å². The van der Waals surface area contributed by atoms with E-state index in [1.54, 1.807) is 72.8 Å². The zero-order valence-corrected chi connectivity index (χ0v) is 44.1. The number of hydrogen-bond donors (Lipinski definition) is 6. The number of rotatable bonds is 16. The van der Waals surface area contributed by atoms with Crippen molar-refractivity contribution in [1.29, 1.82) is 0 Å². The number of phenols is 4. The summed E-state index contributed by atoms with van der Waals surface area (Å²) in [7, 11) is 0. The van der Waals surface area contributed by atoms with Crippen LogP contribution in [0.5, 0.6) is 34.5 Å². The van der Waals surface area contributed by atoms with Gasteiger partial charge in [-0.1, -0.05) is 86.6 Å². The van der Waals surface area contributed by atoms with Crippen LogP contribution < -0.4 is 9.47 Å². The first-order valence-electron chi connectivity index (χ1n) is 24.9. The highest BCUT2D eigenvalue weighted by molar-refractivity contribution is 5.88. The number of carboxylic acid groups (broad SMARTS) is 2. The molecule has 0 radical (unpaired) electrons. The SMILES string of the molecule is Cc1cc(C(c2cc(C)c(O)cc2C)c2cc(C(C)(C)c3ccc(OCc4ccc(C(=O)O)cc4)c(C(c4cc(C)c(O)cc4C)c4cc(C)c(O)cc4C)c3)ccc2OCc2ccc(C(=O)O)cc2)c(C)cc1O. The number of aromatic carboxylic acids is 2. The van der Waals surface area contributed by atoms with E-state index in [2.05, 4.69) is 38.1 Å². The molecule has 0 bridgehead atoms. The zero-order chi connectivity index (χ0) is 54.2. The first-order chi connectivity index (χ1) is 35.5. The number of phenolic OH excluding ortho intramolecular Hbond substituents is 4. The van der Waals surface area contributed by atoms with Crippen molar-refractivity contribution in [3.8, 4) is 34.5 Å². The molecule has 8 aromatic rings. The molecule has 0 heterocycles. The standard InChI is InChI=1S/C65H64O10/c1-35-27-55(66)39(5)23-49(35)61(50-24-40(6)56(67)28-36(50)2)53-31-47(19-21-59(53)74-33-43-11-15-45(16-12-43)63(70)71)65(9,10)48-20-22-60(75-34-44-13-17-46(18-14-44)64(72)73)54(32-48)62(51-25-41(7)57(68)29-37(51)3)52-26-42(8)58(69)30-38(52)4/h11-32,61-62,66-69H,33-34H2,1-10H3,(H,70,71)(H,72,73). The second kappa shape index (κ2) is 21.2. The van der Waals surface area contributed by atoms with E-state index in [0.717, 1.165) is 77.9 Å². The van der Waals surface area contributed by atoms with Crippen molar-refractivity contribution in [3.63, 3.8) is 0 Å². The number of aryl methyl sites for hydroxylation is 8. The lowest BCUT2D eigenvalue weighted by atomic mass is 9.73. The van der Waals surface area contributed by atoms with Crippen LogP contribution in [0, 0.1) is 55.4 Å². The Labute approximate surface area is 438 Å². The quantitative estimate of drug-likeness (QED) is 0.0511. The summed E-state index contributed by atoms with van der Waals surface area (Å²) < 4.78 is 13.6. The largest absolute Gasteiger partial charge is 0.508 e. The van der Waals surface area contributed by atoms with Crippen molar-refractivity contribution in [2.75, 3.05) is 0 Å². The lowest BCUT2D eigenvalue weighted by molar-refractivity contribution is 0.0686. The van der Waals surface area contributed by atoms with Crippen LogP contribution >= 0.6 is 0 Å². The summed E-state index contributed by atoms with van der Waals surface area (Å²) in [6.45, 7) is 20.0. The van der Waals surface area contributed by atoms with Crippen molar-refractivity contribution in [2.45, 2.75) is 99.7 Å². The second-order valence-electron chi connectivity index (χ2n) is 20.6. The van der Waals surface area contributed by atoms with Gasteiger partial charge in [-0.15, -0.1) is 0 Å². The maximum Gasteiger partial charge on any atom is 0.335 e. The van der Waals surface area contributed by atoms with Crippen LogP contribution in [0.3, 0.4) is 0 Å². The van der Waals surface area contributed by atoms with Gasteiger partial charge in [0.15, 0.2) is 0 Å². The van der Waals surface area contributed by atoms with E-state index < -0.39 is 29.2 Å². The number of benzene rings is 8. The molecular formula is C65H64O10. The van der Waals surface area contributed by atoms with Crippen molar-refractivity contribution in [1.82, 2.24) is 0 Å². The van der Waals surface area contributed by atoms with Crippen LogP contribution in [0.4, 0.5) is 0 Å². The second-order valence-corrected chi connectivity index (χ2v) is 20.6. The van der Waals surface area contributed by atoms with E-state index in [1.807, 2.05) is 91.8 Å². The molecule has 0 aromatic heterocycles. The third-order valence-corrected chi connectivity index (χ3v) is 14.9. The average Bonchev–Trinajstić information content (AvgIpc) is 3.37. The van der Waals surface area contributed by atoms with Gasteiger partial charge in [0, 0.05) is 28.4 Å². The first-order valence-corrected chi connectivity index (χ1v) is 24.9. The molecule has 0 unspecified atom stereocenters. The van der Waals surface area contributed by atoms with Gasteiger partial charge in [-0.05, 0) is 205 Å². The fraction of sp³-hybridized carbons (Fsp3) is 0.231. The topological polar surface area (TPSA) is 174 Å². The molecule has 0 saturated carbocycles. The van der Waals surface area contributed by atoms with Gasteiger partial charge in [0.25, 0.3) is 0 Å². The van der Waals surface area contributed by atoms with Crippen LogP contribution in [0.15, 0.2) is 133 Å². The van der Waals surface area contributed by atoms with Crippen molar-refractivity contribution in [3.05, 3.63) is 245 Å². The molecule has 75 heavy (non-hydrogen) atoms. The summed E-state index contributed by atoms with van der Waals surface area (Å²) >= 11 is 0. The highest BCUT2D eigenvalue weighted by atomic mass is 16.5. The van der Waals surface area contributed by atoms with Crippen molar-refractivity contribution in [2.24, 2.45) is 0 Å². The van der Waals surface area contributed by atoms with E-state index in [1.165, 1.54) is 0 Å². The number of carboxylic acids is 2. The fourth-order valence-corrected chi connectivity index (χ4v) is 10.1. The molecule has 8 aromatic carbocycles. The van der Waals surface area contributed by atoms with Gasteiger partial charge in [0.1, 0.15) is 47.7 Å². The lowest BCUT2D eigenvalue weighted by Gasteiger charge is -2.32. The Morgan fingerprint density at radius 3 is 0.933 bits per heavy atom. The van der Waals surface area contributed by atoms with E-state index in [4.69, 9.17) is 9.47 Å². The summed E-state index contributed by atoms with van der Waals surface area (Å²) in [5, 5.41) is 63.0. The summed E-state index contributed by atoms with van der Waals surface area (Å²) in [6, 6.07) is 40.8. The third-order valence-electron chi connectivity index (χ3n) is 14.9. The molecule has 0 saturated heterocycles. The Morgan fingerprint density at radius 2 is 0.667 bits per heavy atom. The minimum Gasteiger partial charge on any atom is -0.508 e. The van der Waals surface area contributed by atoms with Crippen LogP contribution in [-0.4, -0.2) is 42.6 Å². The van der Waals surface area contributed by atoms with Crippen molar-refractivity contribution < 1.29 is 49.7 Å². The number of hydrogen-bond acceptors (Lipinski definition) is 8. The molecule has 0 spiro atoms. The predicted octanol–water partition coefficient (Wildman–Crippen LogP) is 14.2. The normalized spacial score (nSPS) is 11.6. The van der Waals surface area contributed by atoms with E-state index in [0.29, 0.717) is 33.8 Å². The molecular weight excluding hydrogens is 941 g/mol. The van der Waals surface area contributed by atoms with Gasteiger partial charge in [0.05, 0.1) is 11.1 Å². The van der Waals surface area contributed by atoms with Gasteiger partial charge in [0.2, 0.25) is 0 Å². The Balaban J connectivity index is 1.35. The zero-order valence-electron chi connectivity index (χ0n) is 44.1. The number of aromatic hydroxyl groups is 4. The van der Waals surface area contributed by atoms with Crippen LogP contribution in [0.1, 0.15) is 147 Å². The predicted molar refractivity (Wildman–Crippen MR) is 293 cm³/mol. The summed E-state index contributed by atoms with van der Waals surface area (Å²) in [6.07, 6.45) is 0. The maximum absolute atomic E-state index is 11.7. The minimum absolute atomic E-state index is 0.145. The molecule has 10 nitrogen and oxygen atoms in total. The highest BCUT2D eigenvalue weighted by Crippen LogP contribution is 2.48. The first kappa shape index (κ1) is 52.8. The molecule has 10 heteroatoms. The number of ether oxygens (including phenoxy) is 2. The summed E-state index contributed by atoms with van der Waals surface area (Å²) in [5.74, 6) is -1.04. The highest BCUT2D eigenvalue weighted by Gasteiger charge is 2.33. The van der Waals surface area contributed by atoms with Crippen LogP contribution in [0.2, 0.25) is 0 Å². The molecule has 0 aliphatic heterocycles. The fourth-order valence-electron chi connectivity index (χ4n) is 10.1. The van der Waals surface area contributed by atoms with Crippen LogP contribution in [-0.2, 0) is 18.6 Å². The Bertz CT molecular complexity index is 3150. The molecule has 0 atom stereocenters. The Kier molecular flexibility index (Phi) is 14.9. The molecule has 0 aliphatic rings. The monoisotopic (exact) mass is 1000 g/mol. The van der Waals surface area contributed by atoms with E-state index in [9.17, 15) is 40.2 Å². The molecule has 8 rings (SSSR count). The Morgan fingerprint density at radius 1 is 0.387 bits per heavy atom. The van der Waals surface area contributed by atoms with E-state index >= 15 is 0 Å². The van der Waals surface area contributed by atoms with E-state index in [-0.39, 0.29) is 47.3 Å². The summed E-state index contributed by atoms with van der Waals surface area (Å²) in [5.41, 5.74) is 14.7. The minimum atomic E-state index is -1.02. The average molecular weight is 1010 g/mol. The Hall–Kier alpha value is -8.50. The smallest absolute Gasteiger partial charge is 0.335 e. The van der Waals surface area contributed by atoms with Gasteiger partial charge >= 0.3 is 11.9 Å². The number of carbonyl (C=O) groups is 2. The van der Waals surface area contributed by atoms with Gasteiger partial charge in [-0.25, -0.2) is 9.59 Å². The summed E-state index contributed by atoms with van der Waals surface area (Å²) in [4.78, 5) is 23.4.